The number of hydrogen-bond acceptors (Lipinski definition) is 5. The smallest absolute Gasteiger partial charge is 0.193 e. The largest absolute Gasteiger partial charge is 0.497 e. The van der Waals surface area contributed by atoms with E-state index < -0.39 is 0 Å². The van der Waals surface area contributed by atoms with E-state index in [1.54, 1.807) is 21.3 Å². The predicted molar refractivity (Wildman–Crippen MR) is 118 cm³/mol. The van der Waals surface area contributed by atoms with Crippen molar-refractivity contribution in [2.24, 2.45) is 10.7 Å². The van der Waals surface area contributed by atoms with Gasteiger partial charge in [0.15, 0.2) is 5.96 Å². The topological polar surface area (TPSA) is 81.3 Å². The predicted octanol–water partition coefficient (Wildman–Crippen LogP) is 3.52. The molecule has 2 aromatic carbocycles. The number of nitrogens with two attached hydrogens (primary N) is 1. The van der Waals surface area contributed by atoms with Gasteiger partial charge in [-0.25, -0.2) is 0 Å². The maximum atomic E-state index is 6.19. The molecule has 1 unspecified atom stereocenters. The van der Waals surface area contributed by atoms with Gasteiger partial charge in [0.1, 0.15) is 17.2 Å². The third kappa shape index (κ3) is 6.02. The Morgan fingerprint density at radius 3 is 2.31 bits per heavy atom. The highest BCUT2D eigenvalue weighted by molar-refractivity contribution is 5.94. The average molecular weight is 401 g/mol. The van der Waals surface area contributed by atoms with Crippen molar-refractivity contribution in [3.05, 3.63) is 48.0 Å². The normalized spacial score (nSPS) is 12.6. The van der Waals surface area contributed by atoms with E-state index in [-0.39, 0.29) is 6.04 Å². The minimum Gasteiger partial charge on any atom is -0.497 e. The molecule has 7 heteroatoms. The van der Waals surface area contributed by atoms with Gasteiger partial charge in [0.05, 0.1) is 39.6 Å². The van der Waals surface area contributed by atoms with Gasteiger partial charge < -0.3 is 25.3 Å². The molecule has 0 amide bonds. The molecule has 0 aliphatic heterocycles. The Morgan fingerprint density at radius 2 is 1.69 bits per heavy atom. The Morgan fingerprint density at radius 1 is 1.00 bits per heavy atom. The Balaban J connectivity index is 2.23. The zero-order valence-corrected chi connectivity index (χ0v) is 17.9. The Kier molecular flexibility index (Phi) is 8.61. The molecule has 29 heavy (non-hydrogen) atoms. The third-order valence-electron chi connectivity index (χ3n) is 4.84. The number of rotatable bonds is 10. The van der Waals surface area contributed by atoms with Crippen molar-refractivity contribution in [1.82, 2.24) is 4.90 Å². The van der Waals surface area contributed by atoms with Gasteiger partial charge in [0.25, 0.3) is 0 Å². The lowest BCUT2D eigenvalue weighted by Crippen LogP contribution is -2.32. The number of hydrogen-bond donors (Lipinski definition) is 2. The average Bonchev–Trinajstić information content (AvgIpc) is 2.76. The van der Waals surface area contributed by atoms with Crippen LogP contribution in [0, 0.1) is 0 Å². The van der Waals surface area contributed by atoms with Gasteiger partial charge in [0.2, 0.25) is 0 Å². The molecule has 2 aromatic rings. The van der Waals surface area contributed by atoms with Crippen molar-refractivity contribution >= 4 is 11.6 Å². The number of nitrogens with one attached hydrogen (secondary N) is 1. The Hall–Kier alpha value is -2.93. The molecular formula is C22H32N4O3. The van der Waals surface area contributed by atoms with E-state index >= 15 is 0 Å². The molecule has 2 rings (SSSR count). The summed E-state index contributed by atoms with van der Waals surface area (Å²) in [5.74, 6) is 2.52. The quantitative estimate of drug-likeness (QED) is 0.469. The molecule has 1 atom stereocenters. The second-order valence-corrected chi connectivity index (χ2v) is 6.43. The molecular weight excluding hydrogens is 368 g/mol. The van der Waals surface area contributed by atoms with Crippen LogP contribution < -0.4 is 25.3 Å². The van der Waals surface area contributed by atoms with Gasteiger partial charge >= 0.3 is 0 Å². The standard InChI is InChI=1S/C22H32N4O3/c1-6-26(7-2)20(16-9-8-10-17(13-16)27-3)15-24-22(23)25-19-14-18(28-4)11-12-21(19)29-5/h8-14,20H,6-7,15H2,1-5H3,(H3,23,24,25). The summed E-state index contributed by atoms with van der Waals surface area (Å²) in [5.41, 5.74) is 8.03. The second-order valence-electron chi connectivity index (χ2n) is 6.43. The fourth-order valence-corrected chi connectivity index (χ4v) is 3.22. The van der Waals surface area contributed by atoms with E-state index in [1.807, 2.05) is 36.4 Å². The molecule has 0 bridgehead atoms. The molecule has 0 saturated heterocycles. The minimum atomic E-state index is 0.0904. The fraction of sp³-hybridized carbons (Fsp3) is 0.409. The van der Waals surface area contributed by atoms with E-state index in [1.165, 1.54) is 0 Å². The van der Waals surface area contributed by atoms with E-state index in [9.17, 15) is 0 Å². The molecule has 0 saturated carbocycles. The highest BCUT2D eigenvalue weighted by atomic mass is 16.5. The third-order valence-corrected chi connectivity index (χ3v) is 4.84. The molecule has 0 aliphatic carbocycles. The first-order chi connectivity index (χ1) is 14.1. The first kappa shape index (κ1) is 22.4. The summed E-state index contributed by atoms with van der Waals surface area (Å²) < 4.78 is 16.1. The lowest BCUT2D eigenvalue weighted by atomic mass is 10.0. The highest BCUT2D eigenvalue weighted by Crippen LogP contribution is 2.29. The maximum Gasteiger partial charge on any atom is 0.193 e. The zero-order chi connectivity index (χ0) is 21.2. The number of aliphatic imine (C=N–C) groups is 1. The summed E-state index contributed by atoms with van der Waals surface area (Å²) >= 11 is 0. The molecule has 0 fully saturated rings. The van der Waals surface area contributed by atoms with Crippen LogP contribution >= 0.6 is 0 Å². The summed E-state index contributed by atoms with van der Waals surface area (Å²) in [4.78, 5) is 6.95. The van der Waals surface area contributed by atoms with Crippen LogP contribution in [0.25, 0.3) is 0 Å². The summed E-state index contributed by atoms with van der Waals surface area (Å²) in [5, 5.41) is 3.12. The van der Waals surface area contributed by atoms with Crippen LogP contribution in [0.15, 0.2) is 47.5 Å². The first-order valence-electron chi connectivity index (χ1n) is 9.73. The molecule has 158 valence electrons. The maximum absolute atomic E-state index is 6.19. The number of guanidine groups is 1. The monoisotopic (exact) mass is 400 g/mol. The number of likely N-dealkylation sites (N-methyl/N-ethyl adjacent to an activating group) is 1. The van der Waals surface area contributed by atoms with E-state index in [0.717, 1.165) is 24.4 Å². The number of benzene rings is 2. The summed E-state index contributed by atoms with van der Waals surface area (Å²) in [6.45, 7) is 6.61. The highest BCUT2D eigenvalue weighted by Gasteiger charge is 2.18. The van der Waals surface area contributed by atoms with E-state index in [0.29, 0.717) is 29.7 Å². The Labute approximate surface area is 173 Å². The summed E-state index contributed by atoms with van der Waals surface area (Å²) in [7, 11) is 4.90. The van der Waals surface area contributed by atoms with Crippen LogP contribution in [0.4, 0.5) is 5.69 Å². The molecule has 7 nitrogen and oxygen atoms in total. The van der Waals surface area contributed by atoms with Crippen LogP contribution in [0.5, 0.6) is 17.2 Å². The van der Waals surface area contributed by atoms with E-state index in [4.69, 9.17) is 19.9 Å². The lowest BCUT2D eigenvalue weighted by molar-refractivity contribution is 0.224. The number of methoxy groups -OCH3 is 3. The summed E-state index contributed by atoms with van der Waals surface area (Å²) in [6, 6.07) is 13.6. The van der Waals surface area contributed by atoms with Crippen LogP contribution in [-0.4, -0.2) is 51.8 Å². The van der Waals surface area contributed by atoms with Crippen LogP contribution in [0.1, 0.15) is 25.5 Å². The van der Waals surface area contributed by atoms with Gasteiger partial charge in [-0.15, -0.1) is 0 Å². The van der Waals surface area contributed by atoms with Gasteiger partial charge in [-0.2, -0.15) is 0 Å². The molecule has 3 N–H and O–H groups in total. The zero-order valence-electron chi connectivity index (χ0n) is 17.9. The SMILES string of the molecule is CCN(CC)C(CN=C(N)Nc1cc(OC)ccc1OC)c1cccc(OC)c1. The van der Waals surface area contributed by atoms with Crippen LogP contribution in [0.3, 0.4) is 0 Å². The molecule has 0 radical (unpaired) electrons. The minimum absolute atomic E-state index is 0.0904. The van der Waals surface area contributed by atoms with Crippen molar-refractivity contribution < 1.29 is 14.2 Å². The molecule has 0 heterocycles. The van der Waals surface area contributed by atoms with Gasteiger partial charge in [-0.3, -0.25) is 9.89 Å². The van der Waals surface area contributed by atoms with Crippen LogP contribution in [0.2, 0.25) is 0 Å². The lowest BCUT2D eigenvalue weighted by Gasteiger charge is -2.29. The van der Waals surface area contributed by atoms with Crippen molar-refractivity contribution in [3.8, 4) is 17.2 Å². The molecule has 0 spiro atoms. The summed E-state index contributed by atoms with van der Waals surface area (Å²) in [6.07, 6.45) is 0. The second kappa shape index (κ2) is 11.2. The molecule has 0 aromatic heterocycles. The molecule has 0 aliphatic rings. The van der Waals surface area contributed by atoms with Crippen molar-refractivity contribution in [3.63, 3.8) is 0 Å². The Bertz CT molecular complexity index is 806. The van der Waals surface area contributed by atoms with E-state index in [2.05, 4.69) is 35.1 Å². The van der Waals surface area contributed by atoms with Crippen molar-refractivity contribution in [2.45, 2.75) is 19.9 Å². The first-order valence-corrected chi connectivity index (χ1v) is 9.73. The number of anilines is 1. The van der Waals surface area contributed by atoms with Gasteiger partial charge in [-0.05, 0) is 42.9 Å². The fourth-order valence-electron chi connectivity index (χ4n) is 3.22. The van der Waals surface area contributed by atoms with Gasteiger partial charge in [0, 0.05) is 6.07 Å². The number of ether oxygens (including phenoxy) is 3. The van der Waals surface area contributed by atoms with Gasteiger partial charge in [-0.1, -0.05) is 26.0 Å². The van der Waals surface area contributed by atoms with Crippen molar-refractivity contribution in [2.75, 3.05) is 46.3 Å². The van der Waals surface area contributed by atoms with Crippen LogP contribution in [-0.2, 0) is 0 Å². The number of nitrogens with zero attached hydrogens (tertiary/aromatic N) is 2. The van der Waals surface area contributed by atoms with Crippen molar-refractivity contribution in [1.29, 1.82) is 0 Å².